The minimum Gasteiger partial charge on any atom is -0.486 e. The van der Waals surface area contributed by atoms with E-state index in [1.54, 1.807) is 6.07 Å². The van der Waals surface area contributed by atoms with Crippen molar-refractivity contribution in [1.29, 1.82) is 0 Å². The van der Waals surface area contributed by atoms with Gasteiger partial charge < -0.3 is 19.3 Å². The van der Waals surface area contributed by atoms with E-state index in [4.69, 9.17) is 9.47 Å². The Labute approximate surface area is 211 Å². The average Bonchev–Trinajstić information content (AvgIpc) is 3.16. The SMILES string of the molecule is CCCCN(C)C(=O)C1CCCN(c2cccc3c2C(=O)N(CC2COc4ccccc4O2)C3=O)C1. The van der Waals surface area contributed by atoms with Gasteiger partial charge in [-0.05, 0) is 43.5 Å². The van der Waals surface area contributed by atoms with E-state index >= 15 is 0 Å². The molecule has 0 bridgehead atoms. The lowest BCUT2D eigenvalue weighted by Crippen LogP contribution is -2.45. The Morgan fingerprint density at radius 2 is 1.89 bits per heavy atom. The second-order valence-corrected chi connectivity index (χ2v) is 9.82. The Bertz CT molecular complexity index is 1170. The van der Waals surface area contributed by atoms with Crippen molar-refractivity contribution >= 4 is 23.4 Å². The van der Waals surface area contributed by atoms with E-state index in [1.165, 1.54) is 4.90 Å². The number of imide groups is 1. The molecular weight excluding hydrogens is 458 g/mol. The topological polar surface area (TPSA) is 79.4 Å². The molecule has 5 rings (SSSR count). The molecule has 8 heteroatoms. The lowest BCUT2D eigenvalue weighted by atomic mass is 9.95. The molecule has 3 aliphatic heterocycles. The van der Waals surface area contributed by atoms with Crippen LogP contribution in [0.5, 0.6) is 11.5 Å². The fraction of sp³-hybridized carbons (Fsp3) is 0.464. The molecule has 0 N–H and O–H groups in total. The summed E-state index contributed by atoms with van der Waals surface area (Å²) in [5, 5.41) is 0. The Hall–Kier alpha value is -3.55. The summed E-state index contributed by atoms with van der Waals surface area (Å²) >= 11 is 0. The molecular formula is C28H33N3O5. The summed E-state index contributed by atoms with van der Waals surface area (Å²) in [6.07, 6.45) is 3.28. The number of amides is 3. The van der Waals surface area contributed by atoms with E-state index in [2.05, 4.69) is 11.8 Å². The highest BCUT2D eigenvalue weighted by Crippen LogP contribution is 2.36. The molecule has 3 heterocycles. The first kappa shape index (κ1) is 24.2. The third-order valence-corrected chi connectivity index (χ3v) is 7.27. The smallest absolute Gasteiger partial charge is 0.263 e. The van der Waals surface area contributed by atoms with Gasteiger partial charge in [-0.25, -0.2) is 0 Å². The van der Waals surface area contributed by atoms with Crippen molar-refractivity contribution in [2.24, 2.45) is 5.92 Å². The standard InChI is InChI=1S/C28H33N3O5/c1-3-4-14-29(2)26(32)19-9-8-15-30(16-19)22-11-7-10-21-25(22)28(34)31(27(21)33)17-20-18-35-23-12-5-6-13-24(23)36-20/h5-7,10-13,19-20H,3-4,8-9,14-18H2,1-2H3. The number of anilines is 1. The van der Waals surface area contributed by atoms with Gasteiger partial charge in [0, 0.05) is 26.7 Å². The lowest BCUT2D eigenvalue weighted by Gasteiger charge is -2.36. The lowest BCUT2D eigenvalue weighted by molar-refractivity contribution is -0.134. The van der Waals surface area contributed by atoms with Crippen molar-refractivity contribution in [3.8, 4) is 11.5 Å². The van der Waals surface area contributed by atoms with Gasteiger partial charge in [0.05, 0.1) is 29.3 Å². The van der Waals surface area contributed by atoms with Crippen molar-refractivity contribution in [3.63, 3.8) is 0 Å². The van der Waals surface area contributed by atoms with Gasteiger partial charge in [0.15, 0.2) is 17.6 Å². The molecule has 2 atom stereocenters. The number of nitrogens with zero attached hydrogens (tertiary/aromatic N) is 3. The first-order valence-electron chi connectivity index (χ1n) is 12.9. The van der Waals surface area contributed by atoms with Crippen molar-refractivity contribution in [3.05, 3.63) is 53.6 Å². The summed E-state index contributed by atoms with van der Waals surface area (Å²) in [6.45, 7) is 4.54. The molecule has 190 valence electrons. The van der Waals surface area contributed by atoms with Gasteiger partial charge in [0.2, 0.25) is 5.91 Å². The number of piperidine rings is 1. The number of rotatable bonds is 7. The number of fused-ring (bicyclic) bond motifs is 2. The van der Waals surface area contributed by atoms with Gasteiger partial charge >= 0.3 is 0 Å². The highest BCUT2D eigenvalue weighted by Gasteiger charge is 2.41. The molecule has 3 amide bonds. The van der Waals surface area contributed by atoms with Crippen LogP contribution in [0.15, 0.2) is 42.5 Å². The number of unbranched alkanes of at least 4 members (excludes halogenated alkanes) is 1. The monoisotopic (exact) mass is 491 g/mol. The maximum Gasteiger partial charge on any atom is 0.263 e. The quantitative estimate of drug-likeness (QED) is 0.551. The number of hydrogen-bond donors (Lipinski definition) is 0. The Kier molecular flexibility index (Phi) is 6.85. The van der Waals surface area contributed by atoms with Crippen LogP contribution < -0.4 is 14.4 Å². The first-order chi connectivity index (χ1) is 17.5. The van der Waals surface area contributed by atoms with E-state index in [-0.39, 0.29) is 36.8 Å². The second-order valence-electron chi connectivity index (χ2n) is 9.82. The van der Waals surface area contributed by atoms with Crippen LogP contribution in [0.3, 0.4) is 0 Å². The van der Waals surface area contributed by atoms with Crippen molar-refractivity contribution in [1.82, 2.24) is 9.80 Å². The molecule has 1 fully saturated rings. The fourth-order valence-electron chi connectivity index (χ4n) is 5.32. The van der Waals surface area contributed by atoms with E-state index in [9.17, 15) is 14.4 Å². The average molecular weight is 492 g/mol. The summed E-state index contributed by atoms with van der Waals surface area (Å²) in [7, 11) is 1.87. The van der Waals surface area contributed by atoms with E-state index in [1.807, 2.05) is 48.3 Å². The fourth-order valence-corrected chi connectivity index (χ4v) is 5.32. The van der Waals surface area contributed by atoms with Gasteiger partial charge in [0.1, 0.15) is 6.61 Å². The minimum absolute atomic E-state index is 0.115. The highest BCUT2D eigenvalue weighted by molar-refractivity contribution is 6.23. The number of hydrogen-bond acceptors (Lipinski definition) is 6. The number of carbonyl (C=O) groups excluding carboxylic acids is 3. The van der Waals surface area contributed by atoms with Crippen LogP contribution in [0.2, 0.25) is 0 Å². The van der Waals surface area contributed by atoms with Crippen LogP contribution in [-0.2, 0) is 4.79 Å². The Morgan fingerprint density at radius 3 is 2.69 bits per heavy atom. The molecule has 0 saturated carbocycles. The van der Waals surface area contributed by atoms with E-state index in [0.29, 0.717) is 29.2 Å². The summed E-state index contributed by atoms with van der Waals surface area (Å²) in [6, 6.07) is 12.8. The van der Waals surface area contributed by atoms with Crippen LogP contribution in [-0.4, -0.2) is 73.5 Å². The van der Waals surface area contributed by atoms with Crippen molar-refractivity contribution in [2.75, 3.05) is 44.7 Å². The van der Waals surface area contributed by atoms with E-state index < -0.39 is 6.10 Å². The van der Waals surface area contributed by atoms with Crippen LogP contribution >= 0.6 is 0 Å². The number of para-hydroxylation sites is 2. The van der Waals surface area contributed by atoms with E-state index in [0.717, 1.165) is 44.5 Å². The van der Waals surface area contributed by atoms with Gasteiger partial charge in [-0.1, -0.05) is 31.5 Å². The number of benzene rings is 2. The Morgan fingerprint density at radius 1 is 1.08 bits per heavy atom. The van der Waals surface area contributed by atoms with Crippen LogP contribution in [0.1, 0.15) is 53.3 Å². The van der Waals surface area contributed by atoms with Gasteiger partial charge in [-0.3, -0.25) is 19.3 Å². The molecule has 2 aromatic carbocycles. The minimum atomic E-state index is -0.443. The molecule has 3 aliphatic rings. The van der Waals surface area contributed by atoms with Gasteiger partial charge in [-0.2, -0.15) is 0 Å². The van der Waals surface area contributed by atoms with Crippen molar-refractivity contribution < 1.29 is 23.9 Å². The third kappa shape index (κ3) is 4.52. The number of ether oxygens (including phenoxy) is 2. The molecule has 8 nitrogen and oxygen atoms in total. The second kappa shape index (κ2) is 10.2. The maximum atomic E-state index is 13.5. The Balaban J connectivity index is 1.32. The normalized spacial score (nSPS) is 20.9. The largest absolute Gasteiger partial charge is 0.486 e. The first-order valence-corrected chi connectivity index (χ1v) is 12.9. The molecule has 36 heavy (non-hydrogen) atoms. The summed E-state index contributed by atoms with van der Waals surface area (Å²) in [5.74, 6) is 0.670. The van der Waals surface area contributed by atoms with Crippen LogP contribution in [0, 0.1) is 5.92 Å². The molecule has 0 spiro atoms. The molecule has 2 aromatic rings. The molecule has 0 aliphatic carbocycles. The summed E-state index contributed by atoms with van der Waals surface area (Å²) < 4.78 is 11.8. The molecule has 1 saturated heterocycles. The zero-order valence-corrected chi connectivity index (χ0v) is 20.9. The van der Waals surface area contributed by atoms with Gasteiger partial charge in [0.25, 0.3) is 11.8 Å². The predicted molar refractivity (Wildman–Crippen MR) is 136 cm³/mol. The highest BCUT2D eigenvalue weighted by atomic mass is 16.6. The summed E-state index contributed by atoms with van der Waals surface area (Å²) in [4.78, 5) is 45.0. The predicted octanol–water partition coefficient (Wildman–Crippen LogP) is 3.60. The molecule has 0 radical (unpaired) electrons. The third-order valence-electron chi connectivity index (χ3n) is 7.27. The molecule has 2 unspecified atom stereocenters. The zero-order chi connectivity index (χ0) is 25.2. The van der Waals surface area contributed by atoms with Crippen molar-refractivity contribution in [2.45, 2.75) is 38.7 Å². The molecule has 0 aromatic heterocycles. The van der Waals surface area contributed by atoms with Crippen LogP contribution in [0.25, 0.3) is 0 Å². The zero-order valence-electron chi connectivity index (χ0n) is 20.9. The van der Waals surface area contributed by atoms with Gasteiger partial charge in [-0.15, -0.1) is 0 Å². The summed E-state index contributed by atoms with van der Waals surface area (Å²) in [5.41, 5.74) is 1.56. The maximum absolute atomic E-state index is 13.5. The van der Waals surface area contributed by atoms with Crippen LogP contribution in [0.4, 0.5) is 5.69 Å². The number of carbonyl (C=O) groups is 3.